The van der Waals surface area contributed by atoms with Crippen LogP contribution in [0.15, 0.2) is 0 Å². The maximum absolute atomic E-state index is 11.2. The zero-order valence-corrected chi connectivity index (χ0v) is 19.6. The molecule has 0 amide bonds. The van der Waals surface area contributed by atoms with Gasteiger partial charge in [-0.2, -0.15) is 0 Å². The van der Waals surface area contributed by atoms with Crippen LogP contribution in [0, 0.1) is 0 Å². The maximum atomic E-state index is 11.2. The molecule has 17 N–H and O–H groups in total. The van der Waals surface area contributed by atoms with E-state index in [0.29, 0.717) is 6.42 Å². The van der Waals surface area contributed by atoms with E-state index in [2.05, 4.69) is 22.9 Å². The summed E-state index contributed by atoms with van der Waals surface area (Å²) in [6.45, 7) is 3.64. The Bertz CT molecular complexity index is 615. The molecule has 3 aliphatic rings. The van der Waals surface area contributed by atoms with E-state index in [1.807, 2.05) is 6.92 Å². The number of ether oxygens (including phenoxy) is 4. The summed E-state index contributed by atoms with van der Waals surface area (Å²) in [7, 11) is 1.78. The van der Waals surface area contributed by atoms with Crippen LogP contribution in [0.2, 0.25) is 0 Å². The Hall–Kier alpha value is -0.480. The molecule has 12 nitrogen and oxygen atoms in total. The Morgan fingerprint density at radius 3 is 2.16 bits per heavy atom. The maximum Gasteiger partial charge on any atom is 0.211 e. The minimum atomic E-state index is -1.20. The molecule has 0 aromatic heterocycles. The van der Waals surface area contributed by atoms with E-state index in [9.17, 15) is 15.3 Å². The average molecular weight is 469 g/mol. The number of hydrogen-bond donors (Lipinski definition) is 8. The fraction of sp³-hybridized carbons (Fsp3) is 1.00. The van der Waals surface area contributed by atoms with Crippen LogP contribution in [-0.4, -0.2) is 108 Å². The van der Waals surface area contributed by atoms with Crippen molar-refractivity contribution in [3.05, 3.63) is 0 Å². The van der Waals surface area contributed by atoms with E-state index >= 15 is 0 Å². The van der Waals surface area contributed by atoms with Crippen LogP contribution in [0.4, 0.5) is 0 Å². The molecule has 188 valence electrons. The van der Waals surface area contributed by atoms with E-state index < -0.39 is 48.6 Å². The Labute approximate surface area is 188 Å². The van der Waals surface area contributed by atoms with Crippen molar-refractivity contribution in [3.63, 3.8) is 0 Å². The Morgan fingerprint density at radius 2 is 1.59 bits per heavy atom. The quantitative estimate of drug-likeness (QED) is 0.188. The van der Waals surface area contributed by atoms with Gasteiger partial charge in [-0.1, -0.05) is 0 Å². The molecule has 0 aromatic carbocycles. The van der Waals surface area contributed by atoms with Gasteiger partial charge in [0.15, 0.2) is 12.4 Å². The van der Waals surface area contributed by atoms with Crippen LogP contribution in [-0.2, 0) is 18.9 Å². The van der Waals surface area contributed by atoms with Gasteiger partial charge < -0.3 is 62.5 Å². The highest BCUT2D eigenvalue weighted by molar-refractivity contribution is 4.97. The fourth-order valence-electron chi connectivity index (χ4n) is 5.18. The van der Waals surface area contributed by atoms with Crippen LogP contribution in [0.3, 0.4) is 0 Å². The van der Waals surface area contributed by atoms with Gasteiger partial charge in [0, 0.05) is 6.42 Å². The number of aliphatic hydroxyl groups excluding tert-OH is 2. The number of hydrogen-bond acceptors (Lipinski definition) is 7. The lowest BCUT2D eigenvalue weighted by Crippen LogP contribution is -2.96. The van der Waals surface area contributed by atoms with E-state index in [4.69, 9.17) is 18.9 Å². The molecular weight excluding hydrogens is 422 g/mol. The molecule has 0 spiro atoms. The summed E-state index contributed by atoms with van der Waals surface area (Å²) in [6, 6.07) is -0.957. The molecule has 32 heavy (non-hydrogen) atoms. The lowest BCUT2D eigenvalue weighted by atomic mass is 9.84. The largest absolute Gasteiger partial charge is 0.387 e. The minimum absolute atomic E-state index is 0.00989. The van der Waals surface area contributed by atoms with Gasteiger partial charge in [0.1, 0.15) is 60.2 Å². The van der Waals surface area contributed by atoms with Gasteiger partial charge in [0.2, 0.25) is 6.29 Å². The van der Waals surface area contributed by atoms with Crippen LogP contribution in [0.1, 0.15) is 33.1 Å². The van der Waals surface area contributed by atoms with Crippen molar-refractivity contribution < 1.29 is 62.5 Å². The van der Waals surface area contributed by atoms with Gasteiger partial charge in [0.25, 0.3) is 0 Å². The van der Waals surface area contributed by atoms with Crippen molar-refractivity contribution in [2.24, 2.45) is 0 Å². The standard InChI is InChI=1S/C20H41N5O7/c1-8(21)12-5-4-9(22)18(30-12)31-15-10(23)6-11(24)16(13(15)26)32-19-14(27)17(25-3)20(2,28)7-29-19/h8-19,25-28H,4-7,21-24H2,1-3H3/p+5/t8-,9+,10-,11+,12-,13-,14+,15+,16-,17+,18+,19+,20-/m0/s1. The lowest BCUT2D eigenvalue weighted by Gasteiger charge is -2.45. The highest BCUT2D eigenvalue weighted by Gasteiger charge is 2.54. The molecule has 3 rings (SSSR count). The monoisotopic (exact) mass is 468 g/mol. The van der Waals surface area contributed by atoms with E-state index in [-0.39, 0.29) is 36.9 Å². The average Bonchev–Trinajstić information content (AvgIpc) is 2.71. The molecular formula is C20H46N5O7+5. The van der Waals surface area contributed by atoms with Gasteiger partial charge in [0.05, 0.1) is 20.1 Å². The van der Waals surface area contributed by atoms with Gasteiger partial charge >= 0.3 is 0 Å². The van der Waals surface area contributed by atoms with E-state index in [1.54, 1.807) is 19.3 Å². The first-order chi connectivity index (χ1) is 15.0. The molecule has 0 aromatic rings. The predicted molar refractivity (Wildman–Crippen MR) is 109 cm³/mol. The SMILES string of the molecule is C[NH2+][C@@H]1[C@@H](O)[C@@H](O[C@@H]2[C@@H](O)[C@H](O[C@H]3O[C@H]([C@H](C)[NH3+])CC[C@H]3[NH3+])[C@@H]([NH3+])C[C@H]2[NH3+])OC[C@]1(C)O. The smallest absolute Gasteiger partial charge is 0.211 e. The molecule has 2 aliphatic heterocycles. The number of quaternary nitrogens is 5. The first-order valence-electron chi connectivity index (χ1n) is 11.7. The minimum Gasteiger partial charge on any atom is -0.387 e. The zero-order chi connectivity index (χ0) is 23.8. The molecule has 13 atom stereocenters. The summed E-state index contributed by atoms with van der Waals surface area (Å²) in [5.74, 6) is 0. The summed E-state index contributed by atoms with van der Waals surface area (Å²) in [5.41, 5.74) is 15.3. The second-order valence-electron chi connectivity index (χ2n) is 10.2. The molecule has 2 heterocycles. The fourth-order valence-corrected chi connectivity index (χ4v) is 5.18. The van der Waals surface area contributed by atoms with Crippen molar-refractivity contribution in [2.45, 2.75) is 112 Å². The van der Waals surface area contributed by atoms with Crippen LogP contribution in [0.5, 0.6) is 0 Å². The Morgan fingerprint density at radius 1 is 1.00 bits per heavy atom. The first kappa shape index (κ1) is 26.1. The third-order valence-corrected chi connectivity index (χ3v) is 7.20. The molecule has 1 aliphatic carbocycles. The number of rotatable bonds is 6. The van der Waals surface area contributed by atoms with Crippen molar-refractivity contribution in [2.75, 3.05) is 13.7 Å². The van der Waals surface area contributed by atoms with Gasteiger partial charge in [-0.3, -0.25) is 0 Å². The van der Waals surface area contributed by atoms with E-state index in [0.717, 1.165) is 12.8 Å². The third-order valence-electron chi connectivity index (χ3n) is 7.20. The molecule has 3 fully saturated rings. The topological polar surface area (TPSA) is 225 Å². The summed E-state index contributed by atoms with van der Waals surface area (Å²) in [4.78, 5) is 0. The van der Waals surface area contributed by atoms with Crippen LogP contribution < -0.4 is 28.3 Å². The predicted octanol–water partition coefficient (Wildman–Crippen LogP) is -7.48. The summed E-state index contributed by atoms with van der Waals surface area (Å²) >= 11 is 0. The third kappa shape index (κ3) is 5.43. The summed E-state index contributed by atoms with van der Waals surface area (Å²) < 4.78 is 24.0. The molecule has 0 bridgehead atoms. The number of aliphatic hydroxyl groups is 3. The van der Waals surface area contributed by atoms with Crippen molar-refractivity contribution in [1.82, 2.24) is 0 Å². The second kappa shape index (κ2) is 10.4. The molecule has 2 saturated heterocycles. The Kier molecular flexibility index (Phi) is 8.51. The van der Waals surface area contributed by atoms with Gasteiger partial charge in [-0.25, -0.2) is 0 Å². The van der Waals surface area contributed by atoms with Crippen molar-refractivity contribution in [3.8, 4) is 0 Å². The summed E-state index contributed by atoms with van der Waals surface area (Å²) in [6.07, 6.45) is -2.75. The molecule has 0 unspecified atom stereocenters. The van der Waals surface area contributed by atoms with Gasteiger partial charge in [-0.05, 0) is 20.3 Å². The molecule has 12 heteroatoms. The molecule has 0 radical (unpaired) electrons. The number of nitrogens with two attached hydrogens (primary N) is 1. The van der Waals surface area contributed by atoms with Crippen LogP contribution >= 0.6 is 0 Å². The van der Waals surface area contributed by atoms with Crippen molar-refractivity contribution in [1.29, 1.82) is 0 Å². The highest BCUT2D eigenvalue weighted by Crippen LogP contribution is 2.30. The highest BCUT2D eigenvalue weighted by atomic mass is 16.7. The molecule has 1 saturated carbocycles. The summed E-state index contributed by atoms with van der Waals surface area (Å²) in [5, 5.41) is 34.2. The first-order valence-corrected chi connectivity index (χ1v) is 11.7. The van der Waals surface area contributed by atoms with Crippen molar-refractivity contribution >= 4 is 0 Å². The zero-order valence-electron chi connectivity index (χ0n) is 19.6. The van der Waals surface area contributed by atoms with Gasteiger partial charge in [-0.15, -0.1) is 0 Å². The lowest BCUT2D eigenvalue weighted by molar-refractivity contribution is -0.695. The van der Waals surface area contributed by atoms with Crippen LogP contribution in [0.25, 0.3) is 0 Å². The number of likely N-dealkylation sites (N-methyl/N-ethyl adjacent to an activating group) is 1. The Balaban J connectivity index is 1.69. The second-order valence-corrected chi connectivity index (χ2v) is 10.2. The normalized spacial score (nSPS) is 51.4. The van der Waals surface area contributed by atoms with E-state index in [1.165, 1.54) is 0 Å².